The Bertz CT molecular complexity index is 617. The zero-order valence-corrected chi connectivity index (χ0v) is 11.4. The molecule has 0 atom stereocenters. The summed E-state index contributed by atoms with van der Waals surface area (Å²) in [5.41, 5.74) is 0.249. The van der Waals surface area contributed by atoms with Crippen LogP contribution in [0.2, 0.25) is 5.15 Å². The van der Waals surface area contributed by atoms with Crippen molar-refractivity contribution in [2.24, 2.45) is 0 Å². The van der Waals surface area contributed by atoms with E-state index in [1.807, 2.05) is 6.07 Å². The van der Waals surface area contributed by atoms with Crippen LogP contribution in [0.15, 0.2) is 36.9 Å². The van der Waals surface area contributed by atoms with Crippen LogP contribution in [0.25, 0.3) is 0 Å². The molecule has 0 spiro atoms. The number of nitrogens with zero attached hydrogens (tertiary/aromatic N) is 2. The Morgan fingerprint density at radius 3 is 2.68 bits per heavy atom. The van der Waals surface area contributed by atoms with E-state index in [9.17, 15) is 0 Å². The Labute approximate surface area is 119 Å². The van der Waals surface area contributed by atoms with Crippen LogP contribution in [0.5, 0.6) is 16.6 Å². The van der Waals surface area contributed by atoms with E-state index in [0.29, 0.717) is 17.4 Å². The third-order valence-electron chi connectivity index (χ3n) is 2.13. The molecule has 0 N–H and O–H groups in total. The molecule has 96 valence electrons. The summed E-state index contributed by atoms with van der Waals surface area (Å²) in [4.78, 5) is 0. The van der Waals surface area contributed by atoms with Gasteiger partial charge >= 0.3 is 0 Å². The molecule has 1 heterocycles. The first-order chi connectivity index (χ1) is 9.24. The number of hydrogen-bond donors (Lipinski definition) is 0. The van der Waals surface area contributed by atoms with E-state index in [4.69, 9.17) is 26.3 Å². The lowest BCUT2D eigenvalue weighted by Crippen LogP contribution is -1.92. The number of aromatic nitrogens is 1. The number of nitriles is 1. The van der Waals surface area contributed by atoms with E-state index in [1.165, 1.54) is 0 Å². The van der Waals surface area contributed by atoms with Crippen molar-refractivity contribution in [3.63, 3.8) is 0 Å². The maximum absolute atomic E-state index is 8.93. The summed E-state index contributed by atoms with van der Waals surface area (Å²) in [6.07, 6.45) is 1.67. The Hall–Kier alpha value is -2.03. The number of hydrogen-bond acceptors (Lipinski definition) is 5. The van der Waals surface area contributed by atoms with Crippen LogP contribution in [0.3, 0.4) is 0 Å². The van der Waals surface area contributed by atoms with Crippen LogP contribution in [-0.4, -0.2) is 11.0 Å². The van der Waals surface area contributed by atoms with Gasteiger partial charge in [0.25, 0.3) is 0 Å². The zero-order valence-electron chi connectivity index (χ0n) is 9.80. The predicted molar refractivity (Wildman–Crippen MR) is 74.0 cm³/mol. The molecule has 1 aromatic carbocycles. The average Bonchev–Trinajstić information content (AvgIpc) is 2.78. The minimum atomic E-state index is 0.161. The molecule has 0 saturated heterocycles. The normalized spacial score (nSPS) is 9.68. The van der Waals surface area contributed by atoms with Crippen molar-refractivity contribution in [3.05, 3.63) is 47.6 Å². The molecule has 2 aromatic rings. The van der Waals surface area contributed by atoms with E-state index in [0.717, 1.165) is 17.3 Å². The molecule has 6 heteroatoms. The second kappa shape index (κ2) is 6.23. The first-order valence-corrected chi connectivity index (χ1v) is 6.46. The van der Waals surface area contributed by atoms with Crippen LogP contribution >= 0.6 is 23.1 Å². The standard InChI is InChI=1S/C13H9ClN2O2S/c1-2-7-17-9-3-5-10(6-4-9)18-13-11(8-15)12(14)16-19-13/h2-6H,1,7H2. The van der Waals surface area contributed by atoms with Gasteiger partial charge in [-0.15, -0.1) is 0 Å². The van der Waals surface area contributed by atoms with E-state index in [1.54, 1.807) is 30.3 Å². The highest BCUT2D eigenvalue weighted by molar-refractivity contribution is 7.08. The molecule has 1 aromatic heterocycles. The lowest BCUT2D eigenvalue weighted by Gasteiger charge is -2.05. The number of benzene rings is 1. The van der Waals surface area contributed by atoms with Crippen molar-refractivity contribution in [1.29, 1.82) is 5.26 Å². The zero-order chi connectivity index (χ0) is 13.7. The van der Waals surface area contributed by atoms with Crippen molar-refractivity contribution >= 4 is 23.1 Å². The average molecular weight is 293 g/mol. The SMILES string of the molecule is C=CCOc1ccc(Oc2snc(Cl)c2C#N)cc1. The number of ether oxygens (including phenoxy) is 2. The molecule has 0 amide bonds. The van der Waals surface area contributed by atoms with Gasteiger partial charge in [-0.2, -0.15) is 9.64 Å². The number of rotatable bonds is 5. The van der Waals surface area contributed by atoms with Gasteiger partial charge in [-0.25, -0.2) is 0 Å². The van der Waals surface area contributed by atoms with Crippen LogP contribution in [0, 0.1) is 11.3 Å². The molecule has 0 aliphatic rings. The van der Waals surface area contributed by atoms with Crippen molar-refractivity contribution in [2.75, 3.05) is 6.61 Å². The first-order valence-electron chi connectivity index (χ1n) is 5.31. The molecule has 0 aliphatic carbocycles. The van der Waals surface area contributed by atoms with Gasteiger partial charge < -0.3 is 9.47 Å². The van der Waals surface area contributed by atoms with E-state index in [-0.39, 0.29) is 10.7 Å². The molecule has 0 aliphatic heterocycles. The third kappa shape index (κ3) is 3.25. The van der Waals surface area contributed by atoms with E-state index >= 15 is 0 Å². The minimum absolute atomic E-state index is 0.161. The van der Waals surface area contributed by atoms with Gasteiger partial charge in [0.15, 0.2) is 5.15 Å². The highest BCUT2D eigenvalue weighted by Crippen LogP contribution is 2.34. The van der Waals surface area contributed by atoms with Gasteiger partial charge in [0, 0.05) is 11.5 Å². The van der Waals surface area contributed by atoms with Crippen LogP contribution < -0.4 is 9.47 Å². The Morgan fingerprint density at radius 2 is 2.05 bits per heavy atom. The molecule has 0 radical (unpaired) electrons. The first kappa shape index (κ1) is 13.4. The summed E-state index contributed by atoms with van der Waals surface area (Å²) in [7, 11) is 0. The molecular formula is C13H9ClN2O2S. The van der Waals surface area contributed by atoms with Crippen LogP contribution in [-0.2, 0) is 0 Å². The lowest BCUT2D eigenvalue weighted by atomic mass is 10.3. The molecule has 0 fully saturated rings. The molecule has 2 rings (SSSR count). The second-order valence-electron chi connectivity index (χ2n) is 3.42. The molecule has 0 bridgehead atoms. The topological polar surface area (TPSA) is 55.1 Å². The van der Waals surface area contributed by atoms with Gasteiger partial charge in [0.1, 0.15) is 29.7 Å². The fourth-order valence-electron chi connectivity index (χ4n) is 1.28. The van der Waals surface area contributed by atoms with Gasteiger partial charge in [0.2, 0.25) is 5.06 Å². The molecular weight excluding hydrogens is 284 g/mol. The predicted octanol–water partition coefficient (Wildman–Crippen LogP) is 4.03. The summed E-state index contributed by atoms with van der Waals surface area (Å²) >= 11 is 6.80. The van der Waals surface area contributed by atoms with Crippen molar-refractivity contribution in [1.82, 2.24) is 4.37 Å². The summed E-state index contributed by atoms with van der Waals surface area (Å²) in [6, 6.07) is 8.99. The summed E-state index contributed by atoms with van der Waals surface area (Å²) in [6.45, 7) is 4.02. The molecule has 0 unspecified atom stereocenters. The Morgan fingerprint density at radius 1 is 1.37 bits per heavy atom. The minimum Gasteiger partial charge on any atom is -0.490 e. The molecule has 0 saturated carbocycles. The third-order valence-corrected chi connectivity index (χ3v) is 3.23. The fraction of sp³-hybridized carbons (Fsp3) is 0.0769. The van der Waals surface area contributed by atoms with Crippen molar-refractivity contribution < 1.29 is 9.47 Å². The Balaban J connectivity index is 2.11. The highest BCUT2D eigenvalue weighted by Gasteiger charge is 2.13. The van der Waals surface area contributed by atoms with Gasteiger partial charge in [-0.1, -0.05) is 24.3 Å². The Kier molecular flexibility index (Phi) is 4.39. The molecule has 4 nitrogen and oxygen atoms in total. The fourth-order valence-corrected chi connectivity index (χ4v) is 2.19. The summed E-state index contributed by atoms with van der Waals surface area (Å²) < 4.78 is 14.8. The quantitative estimate of drug-likeness (QED) is 0.781. The molecule has 19 heavy (non-hydrogen) atoms. The summed E-state index contributed by atoms with van der Waals surface area (Å²) in [5.74, 6) is 1.30. The van der Waals surface area contributed by atoms with E-state index in [2.05, 4.69) is 11.0 Å². The van der Waals surface area contributed by atoms with Gasteiger partial charge in [-0.05, 0) is 24.3 Å². The maximum Gasteiger partial charge on any atom is 0.219 e. The van der Waals surface area contributed by atoms with Gasteiger partial charge in [-0.3, -0.25) is 0 Å². The largest absolute Gasteiger partial charge is 0.490 e. The monoisotopic (exact) mass is 292 g/mol. The lowest BCUT2D eigenvalue weighted by molar-refractivity contribution is 0.362. The van der Waals surface area contributed by atoms with Gasteiger partial charge in [0.05, 0.1) is 0 Å². The van der Waals surface area contributed by atoms with E-state index < -0.39 is 0 Å². The maximum atomic E-state index is 8.93. The second-order valence-corrected chi connectivity index (χ2v) is 4.51. The van der Waals surface area contributed by atoms with Crippen LogP contribution in [0.1, 0.15) is 5.56 Å². The highest BCUT2D eigenvalue weighted by atomic mass is 35.5. The van der Waals surface area contributed by atoms with Crippen LogP contribution in [0.4, 0.5) is 0 Å². The smallest absolute Gasteiger partial charge is 0.219 e. The van der Waals surface area contributed by atoms with Crippen molar-refractivity contribution in [3.8, 4) is 22.6 Å². The summed E-state index contributed by atoms with van der Waals surface area (Å²) in [5, 5.41) is 9.47. The number of halogens is 1. The van der Waals surface area contributed by atoms with Crippen molar-refractivity contribution in [2.45, 2.75) is 0 Å².